The van der Waals surface area contributed by atoms with Crippen LogP contribution >= 0.6 is 0 Å². The van der Waals surface area contributed by atoms with Crippen LogP contribution in [-0.2, 0) is 11.2 Å². The molecule has 0 radical (unpaired) electrons. The van der Waals surface area contributed by atoms with E-state index in [0.29, 0.717) is 19.6 Å². The van der Waals surface area contributed by atoms with E-state index in [4.69, 9.17) is 9.47 Å². The number of methoxy groups -OCH3 is 2. The van der Waals surface area contributed by atoms with Gasteiger partial charge >= 0.3 is 0 Å². The Morgan fingerprint density at radius 2 is 1.79 bits per heavy atom. The van der Waals surface area contributed by atoms with Crippen LogP contribution < -0.4 is 19.7 Å². The maximum Gasteiger partial charge on any atom is 0.236 e. The molecule has 0 atom stereocenters. The lowest BCUT2D eigenvalue weighted by Crippen LogP contribution is -2.51. The van der Waals surface area contributed by atoms with E-state index in [1.807, 2.05) is 23.1 Å². The molecule has 2 aromatic rings. The van der Waals surface area contributed by atoms with Crippen LogP contribution in [0.15, 0.2) is 36.7 Å². The number of rotatable bonds is 8. The van der Waals surface area contributed by atoms with E-state index in [1.54, 1.807) is 32.7 Å². The molecule has 1 N–H and O–H groups in total. The van der Waals surface area contributed by atoms with Crippen LogP contribution in [0.2, 0.25) is 0 Å². The topological polar surface area (TPSA) is 79.8 Å². The molecule has 1 aliphatic heterocycles. The van der Waals surface area contributed by atoms with Gasteiger partial charge in [-0.3, -0.25) is 4.79 Å². The van der Waals surface area contributed by atoms with Crippen molar-refractivity contribution in [1.82, 2.24) is 20.2 Å². The first kappa shape index (κ1) is 19.9. The van der Waals surface area contributed by atoms with E-state index < -0.39 is 0 Å². The molecule has 1 amide bonds. The molecule has 3 rings (SSSR count). The maximum atomic E-state index is 12.4. The molecule has 8 heteroatoms. The molecular formula is C20H27N5O3. The molecule has 0 unspecified atom stereocenters. The second kappa shape index (κ2) is 9.89. The quantitative estimate of drug-likeness (QED) is 0.679. The van der Waals surface area contributed by atoms with Crippen molar-refractivity contribution in [1.29, 1.82) is 0 Å². The lowest BCUT2D eigenvalue weighted by atomic mass is 10.1. The van der Waals surface area contributed by atoms with Crippen molar-refractivity contribution in [2.45, 2.75) is 6.42 Å². The summed E-state index contributed by atoms with van der Waals surface area (Å²) in [7, 11) is 3.25. The monoisotopic (exact) mass is 385 g/mol. The lowest BCUT2D eigenvalue weighted by Gasteiger charge is -2.34. The highest BCUT2D eigenvalue weighted by molar-refractivity contribution is 5.78. The maximum absolute atomic E-state index is 12.4. The van der Waals surface area contributed by atoms with Crippen molar-refractivity contribution in [3.63, 3.8) is 0 Å². The third-order valence-electron chi connectivity index (χ3n) is 4.78. The van der Waals surface area contributed by atoms with Crippen LogP contribution in [0.1, 0.15) is 5.56 Å². The van der Waals surface area contributed by atoms with E-state index in [1.165, 1.54) is 0 Å². The third kappa shape index (κ3) is 5.10. The van der Waals surface area contributed by atoms with Gasteiger partial charge in [0.25, 0.3) is 0 Å². The minimum Gasteiger partial charge on any atom is -0.493 e. The highest BCUT2D eigenvalue weighted by Crippen LogP contribution is 2.27. The van der Waals surface area contributed by atoms with E-state index in [9.17, 15) is 4.79 Å². The van der Waals surface area contributed by atoms with Gasteiger partial charge in [0.2, 0.25) is 11.9 Å². The minimum atomic E-state index is 0.126. The zero-order valence-electron chi connectivity index (χ0n) is 16.4. The number of ether oxygens (including phenoxy) is 2. The fourth-order valence-corrected chi connectivity index (χ4v) is 3.19. The van der Waals surface area contributed by atoms with Gasteiger partial charge in [-0.05, 0) is 36.7 Å². The van der Waals surface area contributed by atoms with Crippen molar-refractivity contribution in [3.05, 3.63) is 42.2 Å². The molecule has 0 aliphatic carbocycles. The molecule has 2 heterocycles. The first-order valence-corrected chi connectivity index (χ1v) is 9.42. The molecule has 1 fully saturated rings. The summed E-state index contributed by atoms with van der Waals surface area (Å²) < 4.78 is 10.6. The zero-order valence-corrected chi connectivity index (χ0v) is 16.4. The van der Waals surface area contributed by atoms with Gasteiger partial charge in [0.05, 0.1) is 20.8 Å². The van der Waals surface area contributed by atoms with Crippen molar-refractivity contribution in [2.75, 3.05) is 58.4 Å². The fraction of sp³-hybridized carbons (Fsp3) is 0.450. The molecule has 0 saturated carbocycles. The second-order valence-corrected chi connectivity index (χ2v) is 6.53. The molecule has 1 aliphatic rings. The largest absolute Gasteiger partial charge is 0.493 e. The number of hydrogen-bond acceptors (Lipinski definition) is 7. The molecular weight excluding hydrogens is 358 g/mol. The van der Waals surface area contributed by atoms with Crippen LogP contribution in [0, 0.1) is 0 Å². The number of nitrogens with zero attached hydrogens (tertiary/aromatic N) is 4. The second-order valence-electron chi connectivity index (χ2n) is 6.53. The summed E-state index contributed by atoms with van der Waals surface area (Å²) >= 11 is 0. The standard InChI is InChI=1S/C20H27N5O3/c1-27-17-5-4-16(14-18(17)28-2)6-9-21-15-19(26)24-10-12-25(13-11-24)20-22-7-3-8-23-20/h3-5,7-8,14,21H,6,9-13,15H2,1-2H3. The number of amides is 1. The van der Waals surface area contributed by atoms with Gasteiger partial charge in [-0.1, -0.05) is 6.07 Å². The third-order valence-corrected chi connectivity index (χ3v) is 4.78. The smallest absolute Gasteiger partial charge is 0.236 e. The van der Waals surface area contributed by atoms with Gasteiger partial charge in [-0.15, -0.1) is 0 Å². The Labute approximate surface area is 165 Å². The highest BCUT2D eigenvalue weighted by Gasteiger charge is 2.21. The molecule has 8 nitrogen and oxygen atoms in total. The molecule has 150 valence electrons. The minimum absolute atomic E-state index is 0.126. The summed E-state index contributed by atoms with van der Waals surface area (Å²) in [6, 6.07) is 7.68. The van der Waals surface area contributed by atoms with Crippen LogP contribution in [0.5, 0.6) is 11.5 Å². The number of aromatic nitrogens is 2. The van der Waals surface area contributed by atoms with Crippen LogP contribution in [-0.4, -0.2) is 74.3 Å². The van der Waals surface area contributed by atoms with Gasteiger partial charge in [0.1, 0.15) is 0 Å². The Morgan fingerprint density at radius 3 is 2.46 bits per heavy atom. The van der Waals surface area contributed by atoms with E-state index >= 15 is 0 Å². The lowest BCUT2D eigenvalue weighted by molar-refractivity contribution is -0.130. The molecule has 1 aromatic heterocycles. The fourth-order valence-electron chi connectivity index (χ4n) is 3.19. The zero-order chi connectivity index (χ0) is 19.8. The summed E-state index contributed by atoms with van der Waals surface area (Å²) in [6.45, 7) is 3.94. The molecule has 0 bridgehead atoms. The Kier molecular flexibility index (Phi) is 7.02. The van der Waals surface area contributed by atoms with Crippen LogP contribution in [0.25, 0.3) is 0 Å². The summed E-state index contributed by atoms with van der Waals surface area (Å²) in [6.07, 6.45) is 4.29. The molecule has 28 heavy (non-hydrogen) atoms. The normalized spacial score (nSPS) is 14.1. The van der Waals surface area contributed by atoms with Gasteiger partial charge in [-0.2, -0.15) is 0 Å². The molecule has 1 saturated heterocycles. The van der Waals surface area contributed by atoms with E-state index in [0.717, 1.165) is 49.1 Å². The Bertz CT molecular complexity index is 764. The number of benzene rings is 1. The van der Waals surface area contributed by atoms with E-state index in [-0.39, 0.29) is 5.91 Å². The van der Waals surface area contributed by atoms with Crippen molar-refractivity contribution in [2.24, 2.45) is 0 Å². The molecule has 1 aromatic carbocycles. The number of carbonyl (C=O) groups is 1. The van der Waals surface area contributed by atoms with Crippen molar-refractivity contribution < 1.29 is 14.3 Å². The van der Waals surface area contributed by atoms with E-state index in [2.05, 4.69) is 20.2 Å². The SMILES string of the molecule is COc1ccc(CCNCC(=O)N2CCN(c3ncccn3)CC2)cc1OC. The Morgan fingerprint density at radius 1 is 1.07 bits per heavy atom. The number of carbonyl (C=O) groups excluding carboxylic acids is 1. The summed E-state index contributed by atoms with van der Waals surface area (Å²) in [5.74, 6) is 2.29. The number of nitrogens with one attached hydrogen (secondary N) is 1. The first-order valence-electron chi connectivity index (χ1n) is 9.42. The van der Waals surface area contributed by atoms with Gasteiger partial charge in [-0.25, -0.2) is 9.97 Å². The average Bonchev–Trinajstić information content (AvgIpc) is 2.77. The first-order chi connectivity index (χ1) is 13.7. The van der Waals surface area contributed by atoms with Gasteiger partial charge in [0.15, 0.2) is 11.5 Å². The van der Waals surface area contributed by atoms with Crippen molar-refractivity contribution >= 4 is 11.9 Å². The summed E-state index contributed by atoms with van der Waals surface area (Å²) in [5.41, 5.74) is 1.13. The predicted molar refractivity (Wildman–Crippen MR) is 107 cm³/mol. The summed E-state index contributed by atoms with van der Waals surface area (Å²) in [5, 5.41) is 3.24. The van der Waals surface area contributed by atoms with Crippen LogP contribution in [0.3, 0.4) is 0 Å². The van der Waals surface area contributed by atoms with Gasteiger partial charge in [0, 0.05) is 38.6 Å². The summed E-state index contributed by atoms with van der Waals surface area (Å²) in [4.78, 5) is 24.9. The van der Waals surface area contributed by atoms with Crippen LogP contribution in [0.4, 0.5) is 5.95 Å². The number of piperazine rings is 1. The number of hydrogen-bond donors (Lipinski definition) is 1. The average molecular weight is 385 g/mol. The Hall–Kier alpha value is -2.87. The Balaban J connectivity index is 1.38. The number of anilines is 1. The molecule has 0 spiro atoms. The highest BCUT2D eigenvalue weighted by atomic mass is 16.5. The van der Waals surface area contributed by atoms with Gasteiger partial charge < -0.3 is 24.6 Å². The van der Waals surface area contributed by atoms with Crippen molar-refractivity contribution in [3.8, 4) is 11.5 Å². The predicted octanol–water partition coefficient (Wildman–Crippen LogP) is 0.975.